The zero-order valence-corrected chi connectivity index (χ0v) is 22.9. The third kappa shape index (κ3) is 4.13. The number of rotatable bonds is 4. The van der Waals surface area contributed by atoms with Crippen LogP contribution in [0.2, 0.25) is 0 Å². The second-order valence-corrected chi connectivity index (χ2v) is 11.2. The Labute approximate surface area is 241 Å². The number of nitrogens with zero attached hydrogens (tertiary/aromatic N) is 2. The lowest BCUT2D eigenvalue weighted by Gasteiger charge is -2.25. The molecule has 4 nitrogen and oxygen atoms in total. The van der Waals surface area contributed by atoms with Gasteiger partial charge < -0.3 is 4.90 Å². The summed E-state index contributed by atoms with van der Waals surface area (Å²) in [6.07, 6.45) is 1.72. The summed E-state index contributed by atoms with van der Waals surface area (Å²) in [5.41, 5.74) is 4.80. The van der Waals surface area contributed by atoms with E-state index in [4.69, 9.17) is 0 Å². The number of anilines is 3. The number of thiophene rings is 1. The summed E-state index contributed by atoms with van der Waals surface area (Å²) in [4.78, 5) is 29.7. The molecule has 0 aliphatic heterocycles. The minimum Gasteiger partial charge on any atom is -0.301 e. The fourth-order valence-corrected chi connectivity index (χ4v) is 6.52. The molecule has 0 unspecified atom stereocenters. The fraction of sp³-hybridized carbons (Fsp3) is 0.0278. The predicted molar refractivity (Wildman–Crippen MR) is 167 cm³/mol. The minimum absolute atomic E-state index is 0.189. The highest BCUT2D eigenvalue weighted by molar-refractivity contribution is 7.17. The monoisotopic (exact) mass is 546 g/mol. The molecule has 5 heteroatoms. The Hall–Kier alpha value is -5.31. The molecule has 6 aromatic rings. The van der Waals surface area contributed by atoms with Crippen LogP contribution in [-0.2, 0) is 0 Å². The van der Waals surface area contributed by atoms with Gasteiger partial charge in [0.15, 0.2) is 11.6 Å². The molecular formula is C36H22N2O2S. The molecule has 1 aromatic heterocycles. The van der Waals surface area contributed by atoms with E-state index in [0.29, 0.717) is 16.7 Å². The van der Waals surface area contributed by atoms with Crippen LogP contribution in [0.1, 0.15) is 36.7 Å². The molecule has 41 heavy (non-hydrogen) atoms. The molecule has 1 aliphatic carbocycles. The van der Waals surface area contributed by atoms with Crippen molar-refractivity contribution in [3.8, 4) is 6.07 Å². The average molecular weight is 547 g/mol. The van der Waals surface area contributed by atoms with E-state index in [2.05, 4.69) is 54.3 Å². The largest absolute Gasteiger partial charge is 0.301 e. The Morgan fingerprint density at radius 3 is 2.07 bits per heavy atom. The molecule has 0 atom stereocenters. The Kier molecular flexibility index (Phi) is 5.85. The van der Waals surface area contributed by atoms with E-state index in [-0.39, 0.29) is 17.1 Å². The van der Waals surface area contributed by atoms with E-state index in [1.165, 1.54) is 16.9 Å². The average Bonchev–Trinajstić information content (AvgIpc) is 3.55. The van der Waals surface area contributed by atoms with Crippen molar-refractivity contribution in [3.05, 3.63) is 142 Å². The number of ketones is 2. The Bertz CT molecular complexity index is 2060. The van der Waals surface area contributed by atoms with Crippen molar-refractivity contribution >= 4 is 66.9 Å². The van der Waals surface area contributed by atoms with E-state index in [9.17, 15) is 14.9 Å². The van der Waals surface area contributed by atoms with Gasteiger partial charge in [0.1, 0.15) is 5.00 Å². The molecule has 0 fully saturated rings. The van der Waals surface area contributed by atoms with Gasteiger partial charge in [-0.3, -0.25) is 9.59 Å². The predicted octanol–water partition coefficient (Wildman–Crippen LogP) is 9.17. The summed E-state index contributed by atoms with van der Waals surface area (Å²) in [6.45, 7) is 2.10. The second kappa shape index (κ2) is 9.71. The maximum absolute atomic E-state index is 13.4. The van der Waals surface area contributed by atoms with Crippen molar-refractivity contribution in [2.45, 2.75) is 6.92 Å². The van der Waals surface area contributed by atoms with Gasteiger partial charge >= 0.3 is 0 Å². The van der Waals surface area contributed by atoms with Gasteiger partial charge in [-0.1, -0.05) is 54.6 Å². The first-order chi connectivity index (χ1) is 20.0. The normalized spacial score (nSPS) is 12.5. The van der Waals surface area contributed by atoms with Crippen LogP contribution in [-0.4, -0.2) is 11.6 Å². The number of Topliss-reactive ketones (excluding diaryl/α,β-unsaturated/α-hetero) is 2. The highest BCUT2D eigenvalue weighted by atomic mass is 32.1. The van der Waals surface area contributed by atoms with Crippen LogP contribution in [0.3, 0.4) is 0 Å². The number of nitriles is 1. The Morgan fingerprint density at radius 2 is 1.39 bits per heavy atom. The zero-order chi connectivity index (χ0) is 28.1. The van der Waals surface area contributed by atoms with Crippen LogP contribution in [0.4, 0.5) is 16.4 Å². The van der Waals surface area contributed by atoms with Gasteiger partial charge in [-0.15, -0.1) is 11.3 Å². The lowest BCUT2D eigenvalue weighted by molar-refractivity contribution is 0.0990. The van der Waals surface area contributed by atoms with Crippen LogP contribution in [0.5, 0.6) is 0 Å². The van der Waals surface area contributed by atoms with Crippen molar-refractivity contribution in [3.63, 3.8) is 0 Å². The molecule has 0 saturated carbocycles. The first kappa shape index (κ1) is 24.7. The van der Waals surface area contributed by atoms with E-state index in [0.717, 1.165) is 42.8 Å². The molecule has 0 saturated heterocycles. The number of fused-ring (bicyclic) bond motifs is 3. The summed E-state index contributed by atoms with van der Waals surface area (Å²) in [6, 6.07) is 37.6. The maximum Gasteiger partial charge on any atom is 0.197 e. The van der Waals surface area contributed by atoms with E-state index < -0.39 is 0 Å². The quantitative estimate of drug-likeness (QED) is 0.163. The van der Waals surface area contributed by atoms with Gasteiger partial charge in [-0.05, 0) is 89.3 Å². The summed E-state index contributed by atoms with van der Waals surface area (Å²) >= 11 is 1.51. The summed E-state index contributed by atoms with van der Waals surface area (Å²) < 4.78 is 0. The molecule has 5 aromatic carbocycles. The summed E-state index contributed by atoms with van der Waals surface area (Å²) in [5.74, 6) is -0.474. The molecule has 194 valence electrons. The van der Waals surface area contributed by atoms with E-state index in [1.54, 1.807) is 6.08 Å². The number of carbonyl (C=O) groups excluding carboxylic acids is 2. The van der Waals surface area contributed by atoms with Crippen molar-refractivity contribution in [2.75, 3.05) is 4.90 Å². The molecule has 0 bridgehead atoms. The lowest BCUT2D eigenvalue weighted by Crippen LogP contribution is -2.09. The van der Waals surface area contributed by atoms with E-state index in [1.807, 2.05) is 72.8 Å². The van der Waals surface area contributed by atoms with Crippen LogP contribution in [0.15, 0.2) is 115 Å². The van der Waals surface area contributed by atoms with Crippen molar-refractivity contribution < 1.29 is 9.59 Å². The summed E-state index contributed by atoms with van der Waals surface area (Å²) in [7, 11) is 0. The van der Waals surface area contributed by atoms with Gasteiger partial charge in [0.25, 0.3) is 0 Å². The molecule has 1 heterocycles. The number of aryl methyl sites for hydroxylation is 1. The fourth-order valence-electron chi connectivity index (χ4n) is 5.54. The van der Waals surface area contributed by atoms with Gasteiger partial charge in [-0.2, -0.15) is 5.26 Å². The molecule has 0 N–H and O–H groups in total. The first-order valence-corrected chi connectivity index (χ1v) is 14.1. The Morgan fingerprint density at radius 1 is 0.732 bits per heavy atom. The minimum atomic E-state index is -0.237. The van der Waals surface area contributed by atoms with Crippen LogP contribution in [0, 0.1) is 18.3 Å². The second-order valence-electron chi connectivity index (χ2n) is 10.1. The maximum atomic E-state index is 13.4. The zero-order valence-electron chi connectivity index (χ0n) is 22.1. The molecular weight excluding hydrogens is 524 g/mol. The van der Waals surface area contributed by atoms with Crippen LogP contribution >= 0.6 is 11.3 Å². The first-order valence-electron chi connectivity index (χ1n) is 13.2. The summed E-state index contributed by atoms with van der Waals surface area (Å²) in [5, 5.41) is 14.4. The Balaban J connectivity index is 1.33. The van der Waals surface area contributed by atoms with Gasteiger partial charge in [0.2, 0.25) is 0 Å². The smallest absolute Gasteiger partial charge is 0.197 e. The number of allylic oxidation sites excluding steroid dienone is 1. The van der Waals surface area contributed by atoms with Crippen LogP contribution < -0.4 is 4.90 Å². The van der Waals surface area contributed by atoms with Crippen molar-refractivity contribution in [1.82, 2.24) is 0 Å². The molecule has 0 radical (unpaired) electrons. The van der Waals surface area contributed by atoms with Gasteiger partial charge in [-0.25, -0.2) is 0 Å². The van der Waals surface area contributed by atoms with Crippen LogP contribution in [0.25, 0.3) is 27.6 Å². The van der Waals surface area contributed by atoms with Crippen molar-refractivity contribution in [2.24, 2.45) is 0 Å². The van der Waals surface area contributed by atoms with Crippen molar-refractivity contribution in [1.29, 1.82) is 5.26 Å². The highest BCUT2D eigenvalue weighted by Crippen LogP contribution is 2.43. The van der Waals surface area contributed by atoms with E-state index >= 15 is 0 Å². The third-order valence-corrected chi connectivity index (χ3v) is 8.61. The third-order valence-electron chi connectivity index (χ3n) is 7.60. The molecule has 0 spiro atoms. The number of benzene rings is 5. The number of hydrogen-bond donors (Lipinski definition) is 0. The van der Waals surface area contributed by atoms with Gasteiger partial charge in [0, 0.05) is 27.1 Å². The topological polar surface area (TPSA) is 61.2 Å². The number of carbonyl (C=O) groups is 2. The molecule has 7 rings (SSSR count). The molecule has 1 aliphatic rings. The highest BCUT2D eigenvalue weighted by Gasteiger charge is 2.33. The van der Waals surface area contributed by atoms with Gasteiger partial charge in [0.05, 0.1) is 22.9 Å². The standard InChI is InChI=1S/C36H22N2O2S/c1-22-6-4-10-29-28(22)9-5-11-33(29)38(26-14-12-23(21-37)13-15-26)34-17-16-27(41-34)20-32-35(39)30-18-24-7-2-3-8-25(24)19-31(30)36(32)40/h2-20H,1H3. The SMILES string of the molecule is Cc1cccc2c(N(c3ccc(C#N)cc3)c3ccc(C=C4C(=O)c5cc6ccccc6cc5C4=O)s3)cccc12. The lowest BCUT2D eigenvalue weighted by atomic mass is 10.0. The molecule has 0 amide bonds. The number of hydrogen-bond acceptors (Lipinski definition) is 5.